The fourth-order valence-electron chi connectivity index (χ4n) is 2.34. The van der Waals surface area contributed by atoms with Gasteiger partial charge in [-0.2, -0.15) is 5.10 Å². The predicted molar refractivity (Wildman–Crippen MR) is 114 cm³/mol. The zero-order valence-corrected chi connectivity index (χ0v) is 18.0. The normalized spacial score (nSPS) is 11.3. The van der Waals surface area contributed by atoms with E-state index in [1.54, 1.807) is 0 Å². The lowest BCUT2D eigenvalue weighted by Gasteiger charge is -2.22. The smallest absolute Gasteiger partial charge is 0.311 e. The monoisotopic (exact) mass is 474 g/mol. The van der Waals surface area contributed by atoms with E-state index in [9.17, 15) is 23.3 Å². The van der Waals surface area contributed by atoms with E-state index in [1.165, 1.54) is 49.7 Å². The van der Waals surface area contributed by atoms with Gasteiger partial charge in [0.15, 0.2) is 5.75 Å². The van der Waals surface area contributed by atoms with Gasteiger partial charge in [0.2, 0.25) is 10.0 Å². The Morgan fingerprint density at radius 2 is 2.03 bits per heavy atom. The summed E-state index contributed by atoms with van der Waals surface area (Å²) < 4.78 is 29.9. The molecule has 0 fully saturated rings. The first-order valence-electron chi connectivity index (χ1n) is 8.10. The topological polar surface area (TPSA) is 131 Å². The molecule has 160 valence electrons. The third kappa shape index (κ3) is 5.81. The van der Waals surface area contributed by atoms with Gasteiger partial charge in [0.1, 0.15) is 6.54 Å². The number of rotatable bonds is 8. The number of carbonyl (C=O) groups is 1. The number of anilines is 1. The van der Waals surface area contributed by atoms with Crippen molar-refractivity contribution >= 4 is 56.7 Å². The van der Waals surface area contributed by atoms with Gasteiger partial charge in [-0.15, -0.1) is 0 Å². The van der Waals surface area contributed by atoms with Gasteiger partial charge < -0.3 is 4.74 Å². The second kappa shape index (κ2) is 9.74. The van der Waals surface area contributed by atoms with Crippen molar-refractivity contribution < 1.29 is 22.9 Å². The first-order valence-corrected chi connectivity index (χ1v) is 10.7. The van der Waals surface area contributed by atoms with Gasteiger partial charge in [0.05, 0.1) is 40.2 Å². The lowest BCUT2D eigenvalue weighted by Crippen LogP contribution is -2.39. The Labute approximate surface area is 182 Å². The molecule has 1 amide bonds. The molecule has 2 aromatic rings. The highest BCUT2D eigenvalue weighted by molar-refractivity contribution is 7.92. The largest absolute Gasteiger partial charge is 0.490 e. The number of sulfonamides is 1. The van der Waals surface area contributed by atoms with E-state index < -0.39 is 27.4 Å². The molecule has 1 N–H and O–H groups in total. The Balaban J connectivity index is 2.16. The highest BCUT2D eigenvalue weighted by Crippen LogP contribution is 2.33. The fourth-order valence-corrected chi connectivity index (χ4v) is 3.65. The van der Waals surface area contributed by atoms with Gasteiger partial charge in [0, 0.05) is 11.6 Å². The summed E-state index contributed by atoms with van der Waals surface area (Å²) in [5, 5.41) is 14.8. The number of nitrogens with one attached hydrogen (secondary N) is 1. The summed E-state index contributed by atoms with van der Waals surface area (Å²) in [6, 6.07) is 8.47. The van der Waals surface area contributed by atoms with Crippen molar-refractivity contribution in [2.45, 2.75) is 0 Å². The summed E-state index contributed by atoms with van der Waals surface area (Å²) in [5.41, 5.74) is 2.25. The van der Waals surface area contributed by atoms with E-state index in [4.69, 9.17) is 27.9 Å². The summed E-state index contributed by atoms with van der Waals surface area (Å²) in [5.74, 6) is -0.695. The Morgan fingerprint density at radius 3 is 2.63 bits per heavy atom. The standard InChI is InChI=1S/C17H16Cl2N4O6S/c1-29-15-7-6-11(8-14(15)23(25)26)9-20-21-16(24)10-22(30(2,27)28)13-5-3-4-12(18)17(13)19/h3-9H,10H2,1-2H3,(H,21,24)/b20-9-. The van der Waals surface area contributed by atoms with Crippen LogP contribution in [0.25, 0.3) is 0 Å². The quantitative estimate of drug-likeness (QED) is 0.355. The van der Waals surface area contributed by atoms with Crippen molar-refractivity contribution in [3.63, 3.8) is 0 Å². The molecule has 0 aliphatic carbocycles. The number of hydrogen-bond donors (Lipinski definition) is 1. The third-order valence-electron chi connectivity index (χ3n) is 3.69. The summed E-state index contributed by atoms with van der Waals surface area (Å²) in [4.78, 5) is 22.6. The lowest BCUT2D eigenvalue weighted by molar-refractivity contribution is -0.385. The summed E-state index contributed by atoms with van der Waals surface area (Å²) in [6.07, 6.45) is 2.08. The second-order valence-corrected chi connectivity index (χ2v) is 8.52. The van der Waals surface area contributed by atoms with E-state index in [2.05, 4.69) is 10.5 Å². The molecule has 0 aliphatic rings. The maximum Gasteiger partial charge on any atom is 0.311 e. The Morgan fingerprint density at radius 1 is 1.33 bits per heavy atom. The maximum absolute atomic E-state index is 12.2. The van der Waals surface area contributed by atoms with Crippen molar-refractivity contribution in [1.29, 1.82) is 0 Å². The Hall–Kier alpha value is -2.89. The van der Waals surface area contributed by atoms with Gasteiger partial charge in [-0.05, 0) is 24.3 Å². The molecule has 0 atom stereocenters. The first kappa shape index (κ1) is 23.4. The number of hydrazone groups is 1. The summed E-state index contributed by atoms with van der Waals surface area (Å²) >= 11 is 12.0. The third-order valence-corrected chi connectivity index (χ3v) is 5.63. The maximum atomic E-state index is 12.2. The van der Waals surface area contributed by atoms with E-state index in [0.717, 1.165) is 10.6 Å². The number of halogens is 2. The van der Waals surface area contributed by atoms with Crippen LogP contribution >= 0.6 is 23.2 Å². The van der Waals surface area contributed by atoms with Crippen molar-refractivity contribution in [2.75, 3.05) is 24.2 Å². The SMILES string of the molecule is COc1ccc(/C=N\NC(=O)CN(c2cccc(Cl)c2Cl)S(C)(=O)=O)cc1[N+](=O)[O-]. The van der Waals surface area contributed by atoms with Crippen molar-refractivity contribution in [2.24, 2.45) is 5.10 Å². The van der Waals surface area contributed by atoms with Crippen LogP contribution in [-0.4, -0.2) is 45.4 Å². The van der Waals surface area contributed by atoms with Crippen molar-refractivity contribution in [1.82, 2.24) is 5.43 Å². The van der Waals surface area contributed by atoms with E-state index in [1.807, 2.05) is 0 Å². The molecule has 0 unspecified atom stereocenters. The molecule has 30 heavy (non-hydrogen) atoms. The number of benzene rings is 2. The van der Waals surface area contributed by atoms with Crippen LogP contribution in [0.4, 0.5) is 11.4 Å². The number of nitro benzene ring substituents is 1. The highest BCUT2D eigenvalue weighted by Gasteiger charge is 2.23. The van der Waals surface area contributed by atoms with Crippen LogP contribution in [0.3, 0.4) is 0 Å². The van der Waals surface area contributed by atoms with Gasteiger partial charge in [-0.1, -0.05) is 29.3 Å². The van der Waals surface area contributed by atoms with Gasteiger partial charge in [-0.25, -0.2) is 13.8 Å². The van der Waals surface area contributed by atoms with Crippen LogP contribution in [0.1, 0.15) is 5.56 Å². The molecule has 0 aromatic heterocycles. The fraction of sp³-hybridized carbons (Fsp3) is 0.176. The molecular formula is C17H16Cl2N4O6S. The molecule has 0 radical (unpaired) electrons. The van der Waals surface area contributed by atoms with Gasteiger partial charge in [-0.3, -0.25) is 19.2 Å². The zero-order chi connectivity index (χ0) is 22.5. The number of amides is 1. The minimum absolute atomic E-state index is 0.0218. The van der Waals surface area contributed by atoms with Crippen LogP contribution in [-0.2, 0) is 14.8 Å². The van der Waals surface area contributed by atoms with Crippen LogP contribution in [0, 0.1) is 10.1 Å². The zero-order valence-electron chi connectivity index (χ0n) is 15.7. The molecule has 0 spiro atoms. The minimum atomic E-state index is -3.86. The van der Waals surface area contributed by atoms with Crippen LogP contribution in [0.5, 0.6) is 5.75 Å². The molecule has 13 heteroatoms. The number of nitrogens with zero attached hydrogens (tertiary/aromatic N) is 3. The molecule has 0 heterocycles. The molecular weight excluding hydrogens is 459 g/mol. The number of methoxy groups -OCH3 is 1. The van der Waals surface area contributed by atoms with Crippen LogP contribution < -0.4 is 14.5 Å². The minimum Gasteiger partial charge on any atom is -0.490 e. The van der Waals surface area contributed by atoms with E-state index >= 15 is 0 Å². The predicted octanol–water partition coefficient (Wildman–Crippen LogP) is 2.83. The Kier molecular flexibility index (Phi) is 7.59. The molecule has 0 saturated heterocycles. The summed E-state index contributed by atoms with van der Waals surface area (Å²) in [6.45, 7) is -0.612. The molecule has 10 nitrogen and oxygen atoms in total. The second-order valence-electron chi connectivity index (χ2n) is 5.82. The molecule has 2 aromatic carbocycles. The van der Waals surface area contributed by atoms with Crippen molar-refractivity contribution in [3.8, 4) is 5.75 Å². The van der Waals surface area contributed by atoms with E-state index in [-0.39, 0.29) is 27.2 Å². The summed E-state index contributed by atoms with van der Waals surface area (Å²) in [7, 11) is -2.56. The van der Waals surface area contributed by atoms with Gasteiger partial charge in [0.25, 0.3) is 5.91 Å². The first-order chi connectivity index (χ1) is 14.0. The van der Waals surface area contributed by atoms with E-state index in [0.29, 0.717) is 5.56 Å². The van der Waals surface area contributed by atoms with Crippen LogP contribution in [0.2, 0.25) is 10.0 Å². The average molecular weight is 475 g/mol. The highest BCUT2D eigenvalue weighted by atomic mass is 35.5. The molecule has 0 bridgehead atoms. The molecule has 0 aliphatic heterocycles. The van der Waals surface area contributed by atoms with Crippen LogP contribution in [0.15, 0.2) is 41.5 Å². The molecule has 2 rings (SSSR count). The number of ether oxygens (including phenoxy) is 1. The van der Waals surface area contributed by atoms with Gasteiger partial charge >= 0.3 is 5.69 Å². The average Bonchev–Trinajstić information content (AvgIpc) is 2.67. The molecule has 0 saturated carbocycles. The lowest BCUT2D eigenvalue weighted by atomic mass is 10.2. The number of hydrogen-bond acceptors (Lipinski definition) is 7. The number of nitro groups is 1. The number of carbonyl (C=O) groups excluding carboxylic acids is 1. The van der Waals surface area contributed by atoms with Crippen molar-refractivity contribution in [3.05, 3.63) is 62.1 Å². The Bertz CT molecular complexity index is 1110.